The van der Waals surface area contributed by atoms with Crippen LogP contribution in [0, 0.1) is 0 Å². The number of carbonyl (C=O) groups is 1. The van der Waals surface area contributed by atoms with Gasteiger partial charge in [0.15, 0.2) is 0 Å². The van der Waals surface area contributed by atoms with Crippen LogP contribution in [0.1, 0.15) is 30.0 Å². The fourth-order valence-electron chi connectivity index (χ4n) is 2.13. The van der Waals surface area contributed by atoms with E-state index in [1.54, 1.807) is 12.1 Å². The van der Waals surface area contributed by atoms with Gasteiger partial charge >= 0.3 is 5.97 Å². The van der Waals surface area contributed by atoms with E-state index in [1.165, 1.54) is 0 Å². The molecule has 0 saturated carbocycles. The lowest BCUT2D eigenvalue weighted by atomic mass is 10.2. The molecule has 0 aliphatic heterocycles. The number of nitrogens with zero attached hydrogens (tertiary/aromatic N) is 2. The molecule has 0 aliphatic carbocycles. The van der Waals surface area contributed by atoms with Crippen molar-refractivity contribution < 1.29 is 14.6 Å². The van der Waals surface area contributed by atoms with Crippen LogP contribution in [0.5, 0.6) is 0 Å². The van der Waals surface area contributed by atoms with Crippen molar-refractivity contribution in [3.05, 3.63) is 29.6 Å². The molecule has 1 aromatic carbocycles. The molecule has 1 N–H and O–H groups in total. The average molecular weight is 262 g/mol. The van der Waals surface area contributed by atoms with Crippen molar-refractivity contribution in [2.45, 2.75) is 26.8 Å². The predicted octanol–water partition coefficient (Wildman–Crippen LogP) is 2.33. The monoisotopic (exact) mass is 262 g/mol. The van der Waals surface area contributed by atoms with E-state index in [9.17, 15) is 4.79 Å². The summed E-state index contributed by atoms with van der Waals surface area (Å²) in [5.74, 6) is 0.0288. The standard InChI is InChI=1S/C14H18N2O3/c1-3-13-15-11-9-10(14(17)18)5-6-12(11)16(13)7-8-19-4-2/h5-6,9H,3-4,7-8H2,1-2H3,(H,17,18). The van der Waals surface area contributed by atoms with Crippen molar-refractivity contribution in [2.24, 2.45) is 0 Å². The summed E-state index contributed by atoms with van der Waals surface area (Å²) in [4.78, 5) is 15.5. The molecular weight excluding hydrogens is 244 g/mol. The van der Waals surface area contributed by atoms with Gasteiger partial charge in [-0.25, -0.2) is 9.78 Å². The lowest BCUT2D eigenvalue weighted by Crippen LogP contribution is -2.09. The van der Waals surface area contributed by atoms with Crippen LogP contribution in [0.15, 0.2) is 18.2 Å². The number of aromatic nitrogens is 2. The van der Waals surface area contributed by atoms with E-state index < -0.39 is 5.97 Å². The van der Waals surface area contributed by atoms with Crippen LogP contribution in [0.25, 0.3) is 11.0 Å². The molecule has 0 atom stereocenters. The molecule has 19 heavy (non-hydrogen) atoms. The molecule has 0 spiro atoms. The Balaban J connectivity index is 2.40. The van der Waals surface area contributed by atoms with Crippen molar-refractivity contribution in [2.75, 3.05) is 13.2 Å². The molecule has 0 saturated heterocycles. The molecule has 2 aromatic rings. The third-order valence-electron chi connectivity index (χ3n) is 3.05. The first kappa shape index (κ1) is 13.5. The minimum atomic E-state index is -0.927. The van der Waals surface area contributed by atoms with E-state index in [2.05, 4.69) is 9.55 Å². The highest BCUT2D eigenvalue weighted by Crippen LogP contribution is 2.18. The third kappa shape index (κ3) is 2.76. The maximum atomic E-state index is 11.0. The Labute approximate surface area is 111 Å². The van der Waals surface area contributed by atoms with Crippen LogP contribution in [-0.2, 0) is 17.7 Å². The summed E-state index contributed by atoms with van der Waals surface area (Å²) in [6, 6.07) is 5.05. The zero-order valence-corrected chi connectivity index (χ0v) is 11.2. The van der Waals surface area contributed by atoms with Gasteiger partial charge in [0.25, 0.3) is 0 Å². The lowest BCUT2D eigenvalue weighted by molar-refractivity contribution is 0.0697. The van der Waals surface area contributed by atoms with E-state index in [0.29, 0.717) is 13.2 Å². The molecule has 0 unspecified atom stereocenters. The van der Waals surface area contributed by atoms with Gasteiger partial charge in [0, 0.05) is 19.6 Å². The van der Waals surface area contributed by atoms with Crippen LogP contribution >= 0.6 is 0 Å². The molecule has 0 fully saturated rings. The number of aryl methyl sites for hydroxylation is 1. The second kappa shape index (κ2) is 5.84. The number of rotatable bonds is 6. The molecule has 5 nitrogen and oxygen atoms in total. The normalized spacial score (nSPS) is 11.1. The van der Waals surface area contributed by atoms with Crippen molar-refractivity contribution in [3.63, 3.8) is 0 Å². The average Bonchev–Trinajstić information content (AvgIpc) is 2.76. The van der Waals surface area contributed by atoms with Gasteiger partial charge in [-0.1, -0.05) is 6.92 Å². The zero-order chi connectivity index (χ0) is 13.8. The van der Waals surface area contributed by atoms with Crippen LogP contribution in [-0.4, -0.2) is 33.8 Å². The number of fused-ring (bicyclic) bond motifs is 1. The fourth-order valence-corrected chi connectivity index (χ4v) is 2.13. The number of benzene rings is 1. The van der Waals surface area contributed by atoms with Crippen LogP contribution in [0.2, 0.25) is 0 Å². The number of hydrogen-bond donors (Lipinski definition) is 1. The van der Waals surface area contributed by atoms with Gasteiger partial charge in [-0.2, -0.15) is 0 Å². The summed E-state index contributed by atoms with van der Waals surface area (Å²) in [6.07, 6.45) is 0.809. The number of aromatic carboxylic acids is 1. The molecule has 0 bridgehead atoms. The van der Waals surface area contributed by atoms with Crippen LogP contribution in [0.4, 0.5) is 0 Å². The molecule has 1 heterocycles. The van der Waals surface area contributed by atoms with Crippen molar-refractivity contribution in [1.82, 2.24) is 9.55 Å². The van der Waals surface area contributed by atoms with E-state index in [0.717, 1.165) is 29.8 Å². The van der Waals surface area contributed by atoms with Gasteiger partial charge < -0.3 is 14.4 Å². The summed E-state index contributed by atoms with van der Waals surface area (Å²) in [5, 5.41) is 9.00. The van der Waals surface area contributed by atoms with Crippen molar-refractivity contribution in [1.29, 1.82) is 0 Å². The molecule has 102 valence electrons. The first-order valence-electron chi connectivity index (χ1n) is 6.47. The smallest absolute Gasteiger partial charge is 0.335 e. The zero-order valence-electron chi connectivity index (χ0n) is 11.2. The number of ether oxygens (including phenoxy) is 1. The quantitative estimate of drug-likeness (QED) is 0.811. The highest BCUT2D eigenvalue weighted by Gasteiger charge is 2.11. The Kier molecular flexibility index (Phi) is 4.16. The first-order valence-corrected chi connectivity index (χ1v) is 6.47. The van der Waals surface area contributed by atoms with Gasteiger partial charge in [-0.15, -0.1) is 0 Å². The Morgan fingerprint density at radius 3 is 2.84 bits per heavy atom. The first-order chi connectivity index (χ1) is 9.17. The minimum absolute atomic E-state index is 0.268. The largest absolute Gasteiger partial charge is 0.478 e. The molecule has 5 heteroatoms. The Hall–Kier alpha value is -1.88. The SMILES string of the molecule is CCOCCn1c(CC)nc2cc(C(=O)O)ccc21. The van der Waals surface area contributed by atoms with Gasteiger partial charge in [0.1, 0.15) is 5.82 Å². The predicted molar refractivity (Wildman–Crippen MR) is 72.6 cm³/mol. The maximum absolute atomic E-state index is 11.0. The van der Waals surface area contributed by atoms with E-state index in [4.69, 9.17) is 9.84 Å². The minimum Gasteiger partial charge on any atom is -0.478 e. The van der Waals surface area contributed by atoms with Crippen LogP contribution < -0.4 is 0 Å². The maximum Gasteiger partial charge on any atom is 0.335 e. The Bertz CT molecular complexity index is 590. The van der Waals surface area contributed by atoms with Crippen LogP contribution in [0.3, 0.4) is 0 Å². The van der Waals surface area contributed by atoms with E-state index in [-0.39, 0.29) is 5.56 Å². The van der Waals surface area contributed by atoms with E-state index in [1.807, 2.05) is 19.9 Å². The van der Waals surface area contributed by atoms with Crippen molar-refractivity contribution in [3.8, 4) is 0 Å². The van der Waals surface area contributed by atoms with Gasteiger partial charge in [-0.05, 0) is 25.1 Å². The second-order valence-electron chi connectivity index (χ2n) is 4.24. The summed E-state index contributed by atoms with van der Waals surface area (Å²) >= 11 is 0. The van der Waals surface area contributed by atoms with Gasteiger partial charge in [-0.3, -0.25) is 0 Å². The van der Waals surface area contributed by atoms with Gasteiger partial charge in [0.05, 0.1) is 23.2 Å². The number of carboxylic acid groups (broad SMARTS) is 1. The van der Waals surface area contributed by atoms with E-state index >= 15 is 0 Å². The molecule has 2 rings (SSSR count). The molecule has 0 radical (unpaired) electrons. The summed E-state index contributed by atoms with van der Waals surface area (Å²) < 4.78 is 7.47. The summed E-state index contributed by atoms with van der Waals surface area (Å²) in [7, 11) is 0. The Morgan fingerprint density at radius 1 is 1.42 bits per heavy atom. The number of imidazole rings is 1. The number of hydrogen-bond acceptors (Lipinski definition) is 3. The highest BCUT2D eigenvalue weighted by atomic mass is 16.5. The summed E-state index contributed by atoms with van der Waals surface area (Å²) in [5.41, 5.74) is 1.96. The fraction of sp³-hybridized carbons (Fsp3) is 0.429. The second-order valence-corrected chi connectivity index (χ2v) is 4.24. The topological polar surface area (TPSA) is 64.4 Å². The number of carboxylic acids is 1. The Morgan fingerprint density at radius 2 is 2.21 bits per heavy atom. The highest BCUT2D eigenvalue weighted by molar-refractivity contribution is 5.92. The van der Waals surface area contributed by atoms with Gasteiger partial charge in [0.2, 0.25) is 0 Å². The molecule has 0 amide bonds. The third-order valence-corrected chi connectivity index (χ3v) is 3.05. The molecule has 1 aromatic heterocycles. The van der Waals surface area contributed by atoms with Crippen molar-refractivity contribution >= 4 is 17.0 Å². The molecule has 0 aliphatic rings. The molecular formula is C14H18N2O3. The lowest BCUT2D eigenvalue weighted by Gasteiger charge is -2.08. The summed E-state index contributed by atoms with van der Waals surface area (Å²) in [6.45, 7) is 6.06.